The number of halogens is 1. The molecule has 0 bridgehead atoms. The molecule has 0 radical (unpaired) electrons. The van der Waals surface area contributed by atoms with Gasteiger partial charge in [0.25, 0.3) is 0 Å². The van der Waals surface area contributed by atoms with Gasteiger partial charge in [-0.05, 0) is 4.53 Å². The summed E-state index contributed by atoms with van der Waals surface area (Å²) in [4.78, 5) is 14.7. The van der Waals surface area contributed by atoms with Gasteiger partial charge < -0.3 is 9.79 Å². The van der Waals surface area contributed by atoms with E-state index in [-0.39, 0.29) is 0 Å². The summed E-state index contributed by atoms with van der Waals surface area (Å²) in [5, 5.41) is 7.38. The van der Waals surface area contributed by atoms with Crippen molar-refractivity contribution in [3.63, 3.8) is 0 Å². The van der Waals surface area contributed by atoms with Crippen LogP contribution in [0.25, 0.3) is 0 Å². The second kappa shape index (κ2) is 6.65. The van der Waals surface area contributed by atoms with Crippen LogP contribution in [-0.2, 0) is 9.29 Å². The predicted octanol–water partition coefficient (Wildman–Crippen LogP) is -0.384. The van der Waals surface area contributed by atoms with Gasteiger partial charge in [-0.1, -0.05) is 4.73 Å². The minimum Gasteiger partial charge on any atom is -0.301 e. The molecule has 0 rings (SSSR count). The van der Waals surface area contributed by atoms with Crippen LogP contribution >= 0.6 is 7.82 Å². The van der Waals surface area contributed by atoms with Gasteiger partial charge in [0.2, 0.25) is 0 Å². The van der Waals surface area contributed by atoms with Crippen molar-refractivity contribution < 1.29 is 23.6 Å². The number of nitriles is 1. The molecule has 0 heterocycles. The first-order valence-corrected chi connectivity index (χ1v) is 4.17. The summed E-state index contributed by atoms with van der Waals surface area (Å²) in [6.45, 7) is 0. The van der Waals surface area contributed by atoms with Crippen LogP contribution < -0.4 is 0 Å². The minimum atomic E-state index is -4.81. The van der Waals surface area contributed by atoms with E-state index < -0.39 is 7.82 Å². The van der Waals surface area contributed by atoms with Crippen LogP contribution in [0.2, 0.25) is 0 Å². The van der Waals surface area contributed by atoms with Gasteiger partial charge in [0.05, 0.1) is 0 Å². The van der Waals surface area contributed by atoms with E-state index in [1.807, 2.05) is 3.32 Å². The molecule has 0 aromatic rings. The molecule has 2 N–H and O–H groups in total. The monoisotopic (exact) mass is 165 g/mol. The van der Waals surface area contributed by atoms with Gasteiger partial charge in [0, 0.05) is 0 Å². The second-order valence-electron chi connectivity index (χ2n) is 0.783. The van der Waals surface area contributed by atoms with Gasteiger partial charge in [-0.15, -0.1) is 0 Å². The zero-order valence-electron chi connectivity index (χ0n) is 4.48. The van der Waals surface area contributed by atoms with Gasteiger partial charge in [-0.3, -0.25) is 0 Å². The normalized spacial score (nSPS) is 8.89. The molecule has 0 aliphatic heterocycles. The number of hydrogen-bond acceptors (Lipinski definition) is 3. The summed E-state index contributed by atoms with van der Waals surface area (Å²) in [5.74, 6) is 0. The van der Waals surface area contributed by atoms with Crippen molar-refractivity contribution in [1.82, 2.24) is 0 Å². The standard InChI is InChI=1S/CN.FH2O4P.Na/c1-2;1-5-6(2,3)4;/h;(H2,2,3,4);. The predicted molar refractivity (Wildman–Crippen MR) is 25.6 cm³/mol. The van der Waals surface area contributed by atoms with Gasteiger partial charge in [0.15, 0.2) is 0 Å². The van der Waals surface area contributed by atoms with E-state index in [9.17, 15) is 4.53 Å². The molecule has 9 heavy (non-hydrogen) atoms. The fourth-order valence-corrected chi connectivity index (χ4v) is 0. The largest absolute Gasteiger partial charge is 0.500 e. The Labute approximate surface area is 68.0 Å². The van der Waals surface area contributed by atoms with E-state index in [2.05, 4.69) is 4.73 Å². The molecule has 0 atom stereocenters. The summed E-state index contributed by atoms with van der Waals surface area (Å²) in [6.07, 6.45) is 0. The molecule has 0 aromatic heterocycles. The molecule has 0 amide bonds. The Bertz CT molecular complexity index is 138. The third-order valence-electron chi connectivity index (χ3n) is 0.0899. The van der Waals surface area contributed by atoms with Crippen molar-refractivity contribution in [2.45, 2.75) is 0 Å². The van der Waals surface area contributed by atoms with E-state index in [1.165, 1.54) is 0 Å². The van der Waals surface area contributed by atoms with E-state index >= 15 is 0 Å². The smallest absolute Gasteiger partial charge is 0.301 e. The summed E-state index contributed by atoms with van der Waals surface area (Å²) >= 11 is 0.674. The molecule has 48 valence electrons. The molecule has 0 saturated heterocycles. The number of hydrogen-bond donors (Lipinski definition) is 2. The van der Waals surface area contributed by atoms with E-state index in [4.69, 9.17) is 19.6 Å². The molecule has 0 aliphatic rings. The van der Waals surface area contributed by atoms with Crippen LogP contribution in [0.5, 0.6) is 0 Å². The van der Waals surface area contributed by atoms with E-state index in [0.717, 1.165) is 0 Å². The molecule has 0 aromatic carbocycles. The quantitative estimate of drug-likeness (QED) is 0.408. The fourth-order valence-electron chi connectivity index (χ4n) is 0. The molecule has 0 aliphatic carbocycles. The summed E-state index contributed by atoms with van der Waals surface area (Å²) in [6, 6.07) is 0. The number of rotatable bonds is 1. The van der Waals surface area contributed by atoms with Crippen LogP contribution in [0.3, 0.4) is 0 Å². The van der Waals surface area contributed by atoms with Gasteiger partial charge in [-0.2, -0.15) is 0 Å². The van der Waals surface area contributed by atoms with E-state index in [0.29, 0.717) is 27.9 Å². The number of nitrogens with zero attached hydrogens (tertiary/aromatic N) is 1. The maximum absolute atomic E-state index is 10.2. The Balaban J connectivity index is 0. The molecule has 0 unspecified atom stereocenters. The molecule has 8 heteroatoms. The summed E-state index contributed by atoms with van der Waals surface area (Å²) in [7, 11) is -4.81. The third-order valence-corrected chi connectivity index (χ3v) is 0.270. The molecular formula is CH2FNNaO4P. The fraction of sp³-hybridized carbons (Fsp3) is 0. The Morgan fingerprint density at radius 1 is 1.78 bits per heavy atom. The Morgan fingerprint density at radius 2 is 1.89 bits per heavy atom. The Hall–Kier alpha value is 0.530. The minimum absolute atomic E-state index is 0.674. The SMILES string of the molecule is N#[C][Na].O=P(O)(O)OF. The maximum Gasteiger partial charge on any atom is 0.500 e. The van der Waals surface area contributed by atoms with Crippen LogP contribution in [0, 0.1) is 8.58 Å². The Kier molecular flexibility index (Phi) is 9.03. The van der Waals surface area contributed by atoms with Crippen LogP contribution in [-0.4, -0.2) is 37.7 Å². The zero-order valence-corrected chi connectivity index (χ0v) is 7.38. The molecule has 5 nitrogen and oxygen atoms in total. The second-order valence-corrected chi connectivity index (χ2v) is 2.35. The third kappa shape index (κ3) is 29.2. The van der Waals surface area contributed by atoms with Crippen molar-refractivity contribution in [2.24, 2.45) is 0 Å². The van der Waals surface area contributed by atoms with Crippen molar-refractivity contribution in [2.75, 3.05) is 0 Å². The zero-order chi connectivity index (χ0) is 7.91. The molecule has 0 fully saturated rings. The van der Waals surface area contributed by atoms with Gasteiger partial charge in [0.1, 0.15) is 0 Å². The average molecular weight is 165 g/mol. The maximum atomic E-state index is 10.2. The number of phosphoric acid groups is 1. The average Bonchev–Trinajstić information content (AvgIpc) is 1.67. The van der Waals surface area contributed by atoms with Crippen LogP contribution in [0.1, 0.15) is 0 Å². The van der Waals surface area contributed by atoms with Crippen LogP contribution in [0.15, 0.2) is 0 Å². The van der Waals surface area contributed by atoms with Crippen molar-refractivity contribution in [3.8, 4) is 3.32 Å². The van der Waals surface area contributed by atoms with E-state index in [1.54, 1.807) is 0 Å². The summed E-state index contributed by atoms with van der Waals surface area (Å²) < 4.78 is 23.3. The molecule has 0 spiro atoms. The Morgan fingerprint density at radius 3 is 1.89 bits per heavy atom. The van der Waals surface area contributed by atoms with Crippen LogP contribution in [0.4, 0.5) is 4.53 Å². The van der Waals surface area contributed by atoms with Crippen molar-refractivity contribution in [1.29, 1.82) is 5.26 Å². The summed E-state index contributed by atoms with van der Waals surface area (Å²) in [5.41, 5.74) is 0. The molecular weight excluding hydrogens is 163 g/mol. The van der Waals surface area contributed by atoms with Gasteiger partial charge >= 0.3 is 44.3 Å². The topological polar surface area (TPSA) is 90.6 Å². The molecule has 0 saturated carbocycles. The van der Waals surface area contributed by atoms with Crippen molar-refractivity contribution >= 4 is 35.8 Å². The first kappa shape index (κ1) is 12.2. The first-order valence-electron chi connectivity index (χ1n) is 1.64. The van der Waals surface area contributed by atoms with Crippen molar-refractivity contribution in [3.05, 3.63) is 0 Å². The van der Waals surface area contributed by atoms with Gasteiger partial charge in [-0.25, -0.2) is 4.57 Å². The first-order chi connectivity index (χ1) is 3.97.